The predicted molar refractivity (Wildman–Crippen MR) is 154 cm³/mol. The van der Waals surface area contributed by atoms with E-state index in [2.05, 4.69) is 20.0 Å². The summed E-state index contributed by atoms with van der Waals surface area (Å²) in [6.45, 7) is 6.21. The van der Waals surface area contributed by atoms with Crippen molar-refractivity contribution in [2.75, 3.05) is 17.7 Å². The van der Waals surface area contributed by atoms with Crippen molar-refractivity contribution in [3.05, 3.63) is 36.7 Å². The third-order valence-electron chi connectivity index (χ3n) is 7.98. The van der Waals surface area contributed by atoms with Crippen molar-refractivity contribution in [3.63, 3.8) is 0 Å². The molecule has 2 aromatic heterocycles. The number of nitrogens with zero attached hydrogens (tertiary/aromatic N) is 5. The number of aliphatic hydroxyl groups is 2. The summed E-state index contributed by atoms with van der Waals surface area (Å²) in [5.74, 6) is 0.102. The van der Waals surface area contributed by atoms with E-state index in [1.807, 2.05) is 11.9 Å². The van der Waals surface area contributed by atoms with E-state index in [1.165, 1.54) is 24.7 Å². The molecule has 2 aliphatic carbocycles. The zero-order valence-corrected chi connectivity index (χ0v) is 25.3. The smallest absolute Gasteiger partial charge is 0.459 e. The fraction of sp³-hybridized carbons (Fsp3) is 0.556. The van der Waals surface area contributed by atoms with Crippen LogP contribution < -0.4 is 20.2 Å². The van der Waals surface area contributed by atoms with Gasteiger partial charge in [-0.2, -0.15) is 15.1 Å². The minimum Gasteiger partial charge on any atom is -0.462 e. The first kappa shape index (κ1) is 29.7. The van der Waals surface area contributed by atoms with Crippen LogP contribution in [0, 0.1) is 0 Å². The van der Waals surface area contributed by atoms with Crippen molar-refractivity contribution in [1.82, 2.24) is 24.6 Å². The van der Waals surface area contributed by atoms with E-state index in [4.69, 9.17) is 24.3 Å². The fourth-order valence-corrected chi connectivity index (χ4v) is 7.15. The molecule has 43 heavy (non-hydrogen) atoms. The molecule has 3 heterocycles. The number of benzene rings is 1. The van der Waals surface area contributed by atoms with Crippen LogP contribution >= 0.6 is 7.75 Å². The van der Waals surface area contributed by atoms with Gasteiger partial charge in [0.1, 0.15) is 29.6 Å². The minimum atomic E-state index is -4.35. The summed E-state index contributed by atoms with van der Waals surface area (Å²) in [6, 6.07) is 7.46. The van der Waals surface area contributed by atoms with Gasteiger partial charge in [-0.25, -0.2) is 9.55 Å². The maximum absolute atomic E-state index is 14.0. The standard InChI is InChI=1S/C27H36N7O8P/c1-14(2)39-23(35)15(3)32-43(38,41-17-9-7-6-8-10-17)42-20-19-27(20,37)26(4,36)24(40-19)34-13-29-18-21(33(5)16-11-12-16)30-25(28)31-22(18)34/h6-10,13-16,19-20,24,36-37H,11-12H2,1-5H3,(H,32,38)(H2,28,30,31)/t15-,19+,20?,24+,26-,27-,43+/m0/s1. The molecule has 3 aromatic rings. The number of carbonyl (C=O) groups excluding carboxylic acids is 1. The van der Waals surface area contributed by atoms with E-state index in [-0.39, 0.29) is 11.7 Å². The number of carbonyl (C=O) groups is 1. The second-order valence-corrected chi connectivity index (χ2v) is 13.4. The lowest BCUT2D eigenvalue weighted by molar-refractivity contribution is -0.155. The minimum absolute atomic E-state index is 0.0228. The molecule has 0 amide bonds. The van der Waals surface area contributed by atoms with Crippen LogP contribution in [0.2, 0.25) is 0 Å². The van der Waals surface area contributed by atoms with E-state index in [0.29, 0.717) is 23.0 Å². The Bertz CT molecular complexity index is 1580. The van der Waals surface area contributed by atoms with Gasteiger partial charge in [0.2, 0.25) is 5.95 Å². The summed E-state index contributed by atoms with van der Waals surface area (Å²) in [4.78, 5) is 27.7. The SMILES string of the molecule is CC(C)OC(=O)[C@H](C)N[P@@](=O)(Oc1ccccc1)OC1[C@H]2O[C@@H](n3cnc4c(N(C)C5CC5)nc(N)nc43)[C@](C)(O)[C@@]12O. The lowest BCUT2D eigenvalue weighted by Gasteiger charge is -2.33. The highest BCUT2D eigenvalue weighted by molar-refractivity contribution is 7.52. The quantitative estimate of drug-likeness (QED) is 0.180. The van der Waals surface area contributed by atoms with E-state index >= 15 is 0 Å². The Morgan fingerprint density at radius 1 is 1.23 bits per heavy atom. The van der Waals surface area contributed by atoms with Gasteiger partial charge >= 0.3 is 13.7 Å². The third-order valence-corrected chi connectivity index (χ3v) is 9.64. The Morgan fingerprint density at radius 2 is 1.93 bits per heavy atom. The number of esters is 1. The van der Waals surface area contributed by atoms with Gasteiger partial charge in [-0.3, -0.25) is 13.9 Å². The maximum Gasteiger partial charge on any atom is 0.459 e. The molecular weight excluding hydrogens is 581 g/mol. The number of imidazole rings is 1. The average molecular weight is 618 g/mol. The van der Waals surface area contributed by atoms with Gasteiger partial charge in [0.15, 0.2) is 28.8 Å². The average Bonchev–Trinajstić information content (AvgIpc) is 3.81. The van der Waals surface area contributed by atoms with Gasteiger partial charge in [0, 0.05) is 13.1 Å². The number of anilines is 2. The zero-order valence-electron chi connectivity index (χ0n) is 24.4. The van der Waals surface area contributed by atoms with Crippen LogP contribution in [0.15, 0.2) is 36.7 Å². The van der Waals surface area contributed by atoms with Crippen molar-refractivity contribution in [1.29, 1.82) is 0 Å². The largest absolute Gasteiger partial charge is 0.462 e. The highest BCUT2D eigenvalue weighted by atomic mass is 31.2. The van der Waals surface area contributed by atoms with Gasteiger partial charge in [-0.15, -0.1) is 0 Å². The van der Waals surface area contributed by atoms with Crippen molar-refractivity contribution in [3.8, 4) is 5.75 Å². The van der Waals surface area contributed by atoms with Crippen LogP contribution in [-0.2, 0) is 23.4 Å². The highest BCUT2D eigenvalue weighted by Crippen LogP contribution is 2.65. The molecule has 5 N–H and O–H groups in total. The molecule has 3 fully saturated rings. The first-order chi connectivity index (χ1) is 20.2. The van der Waals surface area contributed by atoms with Crippen LogP contribution in [0.3, 0.4) is 0 Å². The van der Waals surface area contributed by atoms with Crippen LogP contribution in [0.5, 0.6) is 5.75 Å². The molecule has 0 spiro atoms. The number of nitrogens with two attached hydrogens (primary N) is 1. The van der Waals surface area contributed by atoms with E-state index in [1.54, 1.807) is 44.2 Å². The molecule has 1 saturated heterocycles. The molecule has 0 radical (unpaired) electrons. The number of nitrogen functional groups attached to an aromatic ring is 1. The summed E-state index contributed by atoms with van der Waals surface area (Å²) >= 11 is 0. The molecule has 6 rings (SSSR count). The molecule has 1 aliphatic heterocycles. The van der Waals surface area contributed by atoms with Crippen LogP contribution in [0.4, 0.5) is 11.8 Å². The number of ether oxygens (including phenoxy) is 2. The Kier molecular flexibility index (Phi) is 7.18. The topological polar surface area (TPSA) is 196 Å². The van der Waals surface area contributed by atoms with Crippen molar-refractivity contribution < 1.29 is 38.1 Å². The number of hydrogen-bond donors (Lipinski definition) is 4. The van der Waals surface area contributed by atoms with Gasteiger partial charge in [0.25, 0.3) is 0 Å². The number of aromatic nitrogens is 4. The van der Waals surface area contributed by atoms with E-state index in [9.17, 15) is 19.6 Å². The third kappa shape index (κ3) is 5.13. The van der Waals surface area contributed by atoms with E-state index < -0.39 is 55.5 Å². The van der Waals surface area contributed by atoms with Gasteiger partial charge in [0.05, 0.1) is 12.4 Å². The molecule has 2 saturated carbocycles. The molecule has 3 aliphatic rings. The second-order valence-electron chi connectivity index (χ2n) is 11.7. The lowest BCUT2D eigenvalue weighted by Crippen LogP contribution is -2.49. The Hall–Kier alpha value is -3.33. The monoisotopic (exact) mass is 617 g/mol. The van der Waals surface area contributed by atoms with Crippen molar-refractivity contribution in [2.45, 2.75) is 88.4 Å². The van der Waals surface area contributed by atoms with Crippen LogP contribution in [0.1, 0.15) is 46.8 Å². The Balaban J connectivity index is 1.26. The maximum atomic E-state index is 14.0. The lowest BCUT2D eigenvalue weighted by atomic mass is 9.95. The number of para-hydroxylation sites is 1. The first-order valence-corrected chi connectivity index (χ1v) is 15.6. The second kappa shape index (κ2) is 10.4. The molecule has 0 bridgehead atoms. The molecule has 16 heteroatoms. The van der Waals surface area contributed by atoms with Crippen LogP contribution in [0.25, 0.3) is 11.2 Å². The predicted octanol–water partition coefficient (Wildman–Crippen LogP) is 1.90. The fourth-order valence-electron chi connectivity index (χ4n) is 5.45. The van der Waals surface area contributed by atoms with Gasteiger partial charge in [-0.05, 0) is 52.7 Å². The Morgan fingerprint density at radius 3 is 2.53 bits per heavy atom. The normalized spacial score (nSPS) is 30.1. The summed E-state index contributed by atoms with van der Waals surface area (Å²) in [5, 5.41) is 26.0. The molecule has 232 valence electrons. The summed E-state index contributed by atoms with van der Waals surface area (Å²) in [6.07, 6.45) is -0.430. The molecule has 7 atom stereocenters. The van der Waals surface area contributed by atoms with Crippen molar-refractivity contribution in [2.24, 2.45) is 0 Å². The molecule has 15 nitrogen and oxygen atoms in total. The van der Waals surface area contributed by atoms with Crippen LogP contribution in [-0.4, -0.2) is 84.3 Å². The first-order valence-electron chi connectivity index (χ1n) is 14.1. The summed E-state index contributed by atoms with van der Waals surface area (Å²) in [5.41, 5.74) is 2.85. The highest BCUT2D eigenvalue weighted by Gasteiger charge is 2.84. The number of nitrogens with one attached hydrogen (secondary N) is 1. The van der Waals surface area contributed by atoms with Crippen molar-refractivity contribution >= 4 is 36.6 Å². The molecule has 1 aromatic carbocycles. The number of hydrogen-bond acceptors (Lipinski definition) is 13. The summed E-state index contributed by atoms with van der Waals surface area (Å²) in [7, 11) is -2.44. The molecule has 1 unspecified atom stereocenters. The zero-order chi connectivity index (χ0) is 30.9. The Labute approximate surface area is 247 Å². The van der Waals surface area contributed by atoms with E-state index in [0.717, 1.165) is 12.8 Å². The number of rotatable bonds is 11. The van der Waals surface area contributed by atoms with Gasteiger partial charge in [-0.1, -0.05) is 18.2 Å². The van der Waals surface area contributed by atoms with Gasteiger partial charge < -0.3 is 34.8 Å². The number of fused-ring (bicyclic) bond motifs is 2. The summed E-state index contributed by atoms with van der Waals surface area (Å²) < 4.78 is 38.4. The molecular formula is C27H36N7O8P.